The summed E-state index contributed by atoms with van der Waals surface area (Å²) in [5, 5.41) is 12.5. The lowest BCUT2D eigenvalue weighted by atomic mass is 10.2. The second-order valence-electron chi connectivity index (χ2n) is 9.43. The third kappa shape index (κ3) is 6.22. The molecule has 0 unspecified atom stereocenters. The van der Waals surface area contributed by atoms with E-state index in [9.17, 15) is 4.79 Å². The van der Waals surface area contributed by atoms with Gasteiger partial charge in [-0.2, -0.15) is 15.3 Å². The van der Waals surface area contributed by atoms with Crippen LogP contribution in [0, 0.1) is 0 Å². The molecule has 1 aliphatic rings. The summed E-state index contributed by atoms with van der Waals surface area (Å²) in [5.41, 5.74) is 8.20. The second-order valence-corrected chi connectivity index (χ2v) is 9.43. The Morgan fingerprint density at radius 2 is 1.97 bits per heavy atom. The van der Waals surface area contributed by atoms with Gasteiger partial charge in [0.05, 0.1) is 39.2 Å². The van der Waals surface area contributed by atoms with E-state index < -0.39 is 5.60 Å². The van der Waals surface area contributed by atoms with Gasteiger partial charge in [0.15, 0.2) is 11.6 Å². The van der Waals surface area contributed by atoms with Crippen LogP contribution in [-0.4, -0.2) is 76.1 Å². The SMILES string of the molecule is COc1ccc(Cn2nc(-c3ccnnc3)c(OC[C@H]3CN(C(=O)OC(C)(C)C)CCO3)c2N)cc1. The van der Waals surface area contributed by atoms with Crippen LogP contribution >= 0.6 is 0 Å². The predicted molar refractivity (Wildman–Crippen MR) is 133 cm³/mol. The average Bonchev–Trinajstić information content (AvgIpc) is 3.17. The van der Waals surface area contributed by atoms with Crippen molar-refractivity contribution in [3.63, 3.8) is 0 Å². The summed E-state index contributed by atoms with van der Waals surface area (Å²) < 4.78 is 24.4. The maximum Gasteiger partial charge on any atom is 0.410 e. The van der Waals surface area contributed by atoms with Gasteiger partial charge in [0, 0.05) is 12.1 Å². The Hall–Kier alpha value is -3.86. The number of carbonyl (C=O) groups is 1. The summed E-state index contributed by atoms with van der Waals surface area (Å²) in [6.07, 6.45) is 2.47. The van der Waals surface area contributed by atoms with Crippen molar-refractivity contribution in [2.45, 2.75) is 39.0 Å². The van der Waals surface area contributed by atoms with Crippen LogP contribution in [0.2, 0.25) is 0 Å². The number of hydrogen-bond acceptors (Lipinski definition) is 9. The minimum absolute atomic E-state index is 0.184. The van der Waals surface area contributed by atoms with Gasteiger partial charge in [-0.3, -0.25) is 0 Å². The monoisotopic (exact) mass is 496 g/mol. The van der Waals surface area contributed by atoms with E-state index in [1.165, 1.54) is 0 Å². The Balaban J connectivity index is 1.51. The van der Waals surface area contributed by atoms with Gasteiger partial charge in [0.1, 0.15) is 29.8 Å². The molecule has 11 heteroatoms. The summed E-state index contributed by atoms with van der Waals surface area (Å²) in [6.45, 7) is 7.35. The zero-order valence-electron chi connectivity index (χ0n) is 21.0. The number of nitrogens with zero attached hydrogens (tertiary/aromatic N) is 5. The van der Waals surface area contributed by atoms with Crippen LogP contribution in [0.3, 0.4) is 0 Å². The van der Waals surface area contributed by atoms with Crippen LogP contribution in [0.1, 0.15) is 26.3 Å². The molecule has 2 N–H and O–H groups in total. The molecule has 2 aromatic heterocycles. The largest absolute Gasteiger partial charge is 0.497 e. The lowest BCUT2D eigenvalue weighted by Crippen LogP contribution is -2.49. The van der Waals surface area contributed by atoms with Crippen LogP contribution in [-0.2, 0) is 16.0 Å². The Morgan fingerprint density at radius 1 is 1.19 bits per heavy atom. The van der Waals surface area contributed by atoms with Crippen molar-refractivity contribution in [3.05, 3.63) is 48.3 Å². The second kappa shape index (κ2) is 10.8. The van der Waals surface area contributed by atoms with E-state index >= 15 is 0 Å². The van der Waals surface area contributed by atoms with Gasteiger partial charge in [-0.05, 0) is 44.5 Å². The lowest BCUT2D eigenvalue weighted by molar-refractivity contribution is -0.0555. The van der Waals surface area contributed by atoms with Crippen LogP contribution in [0.25, 0.3) is 11.3 Å². The first-order valence-electron chi connectivity index (χ1n) is 11.7. The molecule has 1 fully saturated rings. The van der Waals surface area contributed by atoms with Crippen molar-refractivity contribution in [2.24, 2.45) is 0 Å². The van der Waals surface area contributed by atoms with Crippen molar-refractivity contribution >= 4 is 11.9 Å². The fraction of sp³-hybridized carbons (Fsp3) is 0.440. The molecule has 0 bridgehead atoms. The third-order valence-corrected chi connectivity index (χ3v) is 5.50. The summed E-state index contributed by atoms with van der Waals surface area (Å²) in [4.78, 5) is 14.1. The highest BCUT2D eigenvalue weighted by Gasteiger charge is 2.29. The molecule has 0 radical (unpaired) electrons. The van der Waals surface area contributed by atoms with E-state index in [1.54, 1.807) is 35.2 Å². The summed E-state index contributed by atoms with van der Waals surface area (Å²) in [5.74, 6) is 1.57. The van der Waals surface area contributed by atoms with Crippen molar-refractivity contribution in [1.29, 1.82) is 0 Å². The third-order valence-electron chi connectivity index (χ3n) is 5.50. The number of rotatable bonds is 7. The number of benzene rings is 1. The summed E-state index contributed by atoms with van der Waals surface area (Å²) in [7, 11) is 1.63. The number of nitrogen functional groups attached to an aromatic ring is 1. The number of amides is 1. The van der Waals surface area contributed by atoms with Crippen LogP contribution in [0.15, 0.2) is 42.7 Å². The van der Waals surface area contributed by atoms with E-state index in [2.05, 4.69) is 10.2 Å². The molecule has 1 aliphatic heterocycles. The minimum Gasteiger partial charge on any atom is -0.497 e. The number of methoxy groups -OCH3 is 1. The average molecular weight is 497 g/mol. The molecule has 1 saturated heterocycles. The Kier molecular flexibility index (Phi) is 7.58. The van der Waals surface area contributed by atoms with Crippen molar-refractivity contribution < 1.29 is 23.7 Å². The normalized spacial score (nSPS) is 16.0. The maximum absolute atomic E-state index is 12.5. The molecule has 1 aromatic carbocycles. The van der Waals surface area contributed by atoms with E-state index in [-0.39, 0.29) is 18.8 Å². The highest BCUT2D eigenvalue weighted by Crippen LogP contribution is 2.35. The highest BCUT2D eigenvalue weighted by atomic mass is 16.6. The molecule has 0 spiro atoms. The van der Waals surface area contributed by atoms with Crippen molar-refractivity contribution in [3.8, 4) is 22.8 Å². The molecular formula is C25H32N6O5. The van der Waals surface area contributed by atoms with E-state index in [1.807, 2.05) is 45.0 Å². The number of nitrogens with two attached hydrogens (primary N) is 1. The first-order valence-corrected chi connectivity index (χ1v) is 11.7. The molecule has 0 saturated carbocycles. The Bertz CT molecular complexity index is 1160. The molecule has 192 valence electrons. The van der Waals surface area contributed by atoms with Gasteiger partial charge in [-0.25, -0.2) is 9.48 Å². The first-order chi connectivity index (χ1) is 17.2. The lowest BCUT2D eigenvalue weighted by Gasteiger charge is -2.34. The number of anilines is 1. The Morgan fingerprint density at radius 3 is 2.64 bits per heavy atom. The van der Waals surface area contributed by atoms with Gasteiger partial charge in [0.25, 0.3) is 0 Å². The number of hydrogen-bond donors (Lipinski definition) is 1. The summed E-state index contributed by atoms with van der Waals surface area (Å²) in [6, 6.07) is 9.47. The Labute approximate surface area is 210 Å². The molecule has 11 nitrogen and oxygen atoms in total. The van der Waals surface area contributed by atoms with Gasteiger partial charge >= 0.3 is 6.09 Å². The quantitative estimate of drug-likeness (QED) is 0.525. The predicted octanol–water partition coefficient (Wildman–Crippen LogP) is 2.99. The first kappa shape index (κ1) is 25.2. The maximum atomic E-state index is 12.5. The van der Waals surface area contributed by atoms with Gasteiger partial charge in [-0.1, -0.05) is 12.1 Å². The van der Waals surface area contributed by atoms with Crippen molar-refractivity contribution in [2.75, 3.05) is 39.1 Å². The van der Waals surface area contributed by atoms with Crippen LogP contribution < -0.4 is 15.2 Å². The van der Waals surface area contributed by atoms with E-state index in [0.717, 1.165) is 16.9 Å². The molecule has 1 amide bonds. The molecule has 36 heavy (non-hydrogen) atoms. The topological polar surface area (TPSA) is 127 Å². The fourth-order valence-corrected chi connectivity index (χ4v) is 3.73. The molecule has 3 aromatic rings. The molecule has 3 heterocycles. The minimum atomic E-state index is -0.568. The number of ether oxygens (including phenoxy) is 4. The fourth-order valence-electron chi connectivity index (χ4n) is 3.73. The number of morpholine rings is 1. The molecule has 1 atom stereocenters. The standard InChI is InChI=1S/C25H32N6O5/c1-25(2,3)36-24(32)30-11-12-34-20(15-30)16-35-22-21(18-9-10-27-28-13-18)29-31(23(22)26)14-17-5-7-19(33-4)8-6-17/h5-10,13,20H,11-12,14-16,26H2,1-4H3/t20-/m1/s1. The zero-order chi connectivity index (χ0) is 25.7. The van der Waals surface area contributed by atoms with Crippen molar-refractivity contribution in [1.82, 2.24) is 24.9 Å². The van der Waals surface area contributed by atoms with Crippen LogP contribution in [0.4, 0.5) is 10.6 Å². The smallest absolute Gasteiger partial charge is 0.410 e. The number of aromatic nitrogens is 4. The molecule has 0 aliphatic carbocycles. The van der Waals surface area contributed by atoms with E-state index in [4.69, 9.17) is 29.8 Å². The number of carbonyl (C=O) groups excluding carboxylic acids is 1. The van der Waals surface area contributed by atoms with E-state index in [0.29, 0.717) is 43.5 Å². The summed E-state index contributed by atoms with van der Waals surface area (Å²) >= 11 is 0. The zero-order valence-corrected chi connectivity index (χ0v) is 21.0. The highest BCUT2D eigenvalue weighted by molar-refractivity contribution is 5.72. The van der Waals surface area contributed by atoms with Gasteiger partial charge in [0.2, 0.25) is 0 Å². The van der Waals surface area contributed by atoms with Crippen LogP contribution in [0.5, 0.6) is 11.5 Å². The van der Waals surface area contributed by atoms with Gasteiger partial charge < -0.3 is 29.6 Å². The molecule has 4 rings (SSSR count). The molecular weight excluding hydrogens is 464 g/mol. The van der Waals surface area contributed by atoms with Gasteiger partial charge in [-0.15, -0.1) is 0 Å².